The Hall–Kier alpha value is -1.25. The van der Waals surface area contributed by atoms with Crippen LogP contribution >= 0.6 is 15.9 Å². The van der Waals surface area contributed by atoms with Crippen LogP contribution in [0, 0.1) is 0 Å². The van der Waals surface area contributed by atoms with Crippen LogP contribution in [0.4, 0.5) is 5.95 Å². The van der Waals surface area contributed by atoms with Gasteiger partial charge in [0, 0.05) is 25.5 Å². The van der Waals surface area contributed by atoms with Crippen LogP contribution in [0.1, 0.15) is 0 Å². The van der Waals surface area contributed by atoms with Crippen molar-refractivity contribution in [2.45, 2.75) is 6.10 Å². The normalized spacial score (nSPS) is 22.9. The summed E-state index contributed by atoms with van der Waals surface area (Å²) in [7, 11) is 2.09. The minimum Gasteiger partial charge on any atom is -0.393 e. The molecular formula is C13H18BrN5O2. The summed E-state index contributed by atoms with van der Waals surface area (Å²) >= 11 is 3.32. The van der Waals surface area contributed by atoms with Gasteiger partial charge in [0.2, 0.25) is 5.95 Å². The molecule has 1 unspecified atom stereocenters. The predicted molar refractivity (Wildman–Crippen MR) is 82.6 cm³/mol. The van der Waals surface area contributed by atoms with E-state index in [9.17, 15) is 0 Å². The van der Waals surface area contributed by atoms with Crippen LogP contribution in [0.25, 0.3) is 0 Å². The fourth-order valence-electron chi connectivity index (χ4n) is 2.24. The van der Waals surface area contributed by atoms with Crippen molar-refractivity contribution in [2.75, 3.05) is 51.3 Å². The van der Waals surface area contributed by atoms with Gasteiger partial charge in [0.1, 0.15) is 12.7 Å². The topological polar surface area (TPSA) is 63.1 Å². The number of rotatable bonds is 4. The van der Waals surface area contributed by atoms with Crippen molar-refractivity contribution < 1.29 is 9.57 Å². The van der Waals surface area contributed by atoms with Crippen LogP contribution in [-0.2, 0) is 9.57 Å². The number of nitrogens with zero attached hydrogens (tertiary/aromatic N) is 5. The van der Waals surface area contributed by atoms with E-state index >= 15 is 0 Å². The molecule has 1 atom stereocenters. The number of oxime groups is 1. The molecule has 114 valence electrons. The first-order valence-corrected chi connectivity index (χ1v) is 7.70. The van der Waals surface area contributed by atoms with Gasteiger partial charge in [-0.2, -0.15) is 0 Å². The quantitative estimate of drug-likeness (QED) is 0.743. The third-order valence-corrected chi connectivity index (χ3v) is 3.84. The first-order chi connectivity index (χ1) is 10.2. The Balaban J connectivity index is 1.40. The molecule has 0 aromatic carbocycles. The molecule has 0 spiro atoms. The van der Waals surface area contributed by atoms with E-state index in [0.717, 1.165) is 35.8 Å². The molecule has 0 N–H and O–H groups in total. The fourth-order valence-corrected chi connectivity index (χ4v) is 2.45. The van der Waals surface area contributed by atoms with E-state index in [0.29, 0.717) is 19.7 Å². The summed E-state index contributed by atoms with van der Waals surface area (Å²) in [6.45, 7) is 4.56. The lowest BCUT2D eigenvalue weighted by molar-refractivity contribution is -0.0626. The number of aromatic nitrogens is 2. The first-order valence-electron chi connectivity index (χ1n) is 6.91. The summed E-state index contributed by atoms with van der Waals surface area (Å²) in [4.78, 5) is 18.2. The number of hydrogen-bond acceptors (Lipinski definition) is 7. The highest BCUT2D eigenvalue weighted by Gasteiger charge is 2.25. The van der Waals surface area contributed by atoms with E-state index in [-0.39, 0.29) is 6.10 Å². The molecule has 2 aliphatic heterocycles. The molecular weight excluding hydrogens is 338 g/mol. The van der Waals surface area contributed by atoms with Crippen LogP contribution < -0.4 is 4.90 Å². The lowest BCUT2D eigenvalue weighted by Crippen LogP contribution is -2.48. The van der Waals surface area contributed by atoms with Crippen molar-refractivity contribution in [1.29, 1.82) is 0 Å². The molecule has 0 bridgehead atoms. The molecule has 0 amide bonds. The molecule has 0 saturated carbocycles. The Morgan fingerprint density at radius 3 is 2.90 bits per heavy atom. The van der Waals surface area contributed by atoms with Gasteiger partial charge in [-0.1, -0.05) is 5.16 Å². The monoisotopic (exact) mass is 355 g/mol. The maximum absolute atomic E-state index is 5.61. The molecule has 1 aromatic heterocycles. The lowest BCUT2D eigenvalue weighted by atomic mass is 10.2. The standard InChI is InChI=1S/C13H18BrN5O2/c1-18-2-3-20-12(8-18)9-21-17-11-6-19(7-11)13-15-4-10(14)5-16-13/h4-5,12H,2-3,6-9H2,1H3. The zero-order chi connectivity index (χ0) is 14.7. The number of likely N-dealkylation sites (N-methyl/N-ethyl adjacent to an activating group) is 1. The molecule has 3 rings (SSSR count). The Bertz CT molecular complexity index is 502. The Labute approximate surface area is 132 Å². The average Bonchev–Trinajstić information content (AvgIpc) is 2.43. The molecule has 3 heterocycles. The van der Waals surface area contributed by atoms with Gasteiger partial charge in [0.25, 0.3) is 0 Å². The van der Waals surface area contributed by atoms with Crippen molar-refractivity contribution >= 4 is 27.6 Å². The van der Waals surface area contributed by atoms with E-state index < -0.39 is 0 Å². The second-order valence-corrected chi connectivity index (χ2v) is 6.18. The molecule has 1 aromatic rings. The highest BCUT2D eigenvalue weighted by Crippen LogP contribution is 2.15. The number of hydrogen-bond donors (Lipinski definition) is 0. The van der Waals surface area contributed by atoms with E-state index in [2.05, 4.69) is 43.0 Å². The number of morpholine rings is 1. The van der Waals surface area contributed by atoms with Gasteiger partial charge in [-0.25, -0.2) is 9.97 Å². The van der Waals surface area contributed by atoms with E-state index in [1.54, 1.807) is 12.4 Å². The minimum atomic E-state index is 0.110. The summed E-state index contributed by atoms with van der Waals surface area (Å²) < 4.78 is 6.49. The number of anilines is 1. The van der Waals surface area contributed by atoms with E-state index in [4.69, 9.17) is 9.57 Å². The lowest BCUT2D eigenvalue weighted by Gasteiger charge is -2.32. The SMILES string of the molecule is CN1CCOC(CON=C2CN(c3ncc(Br)cn3)C2)C1. The Kier molecular flexibility index (Phi) is 4.67. The van der Waals surface area contributed by atoms with Gasteiger partial charge >= 0.3 is 0 Å². The van der Waals surface area contributed by atoms with Crippen molar-refractivity contribution in [2.24, 2.45) is 5.16 Å². The van der Waals surface area contributed by atoms with E-state index in [1.807, 2.05) is 4.90 Å². The zero-order valence-corrected chi connectivity index (χ0v) is 13.5. The van der Waals surface area contributed by atoms with Crippen LogP contribution in [0.2, 0.25) is 0 Å². The molecule has 2 saturated heterocycles. The highest BCUT2D eigenvalue weighted by molar-refractivity contribution is 9.10. The maximum atomic E-state index is 5.61. The van der Waals surface area contributed by atoms with Crippen LogP contribution in [-0.4, -0.2) is 73.1 Å². The smallest absolute Gasteiger partial charge is 0.226 e. The largest absolute Gasteiger partial charge is 0.393 e. The third kappa shape index (κ3) is 3.90. The van der Waals surface area contributed by atoms with Gasteiger partial charge in [-0.15, -0.1) is 0 Å². The van der Waals surface area contributed by atoms with Gasteiger partial charge < -0.3 is 19.4 Å². The Morgan fingerprint density at radius 2 is 2.19 bits per heavy atom. The summed E-state index contributed by atoms with van der Waals surface area (Å²) in [5.74, 6) is 0.717. The molecule has 0 radical (unpaired) electrons. The van der Waals surface area contributed by atoms with Crippen LogP contribution in [0.5, 0.6) is 0 Å². The van der Waals surface area contributed by atoms with Crippen molar-refractivity contribution in [3.63, 3.8) is 0 Å². The second-order valence-electron chi connectivity index (χ2n) is 5.27. The predicted octanol–water partition coefficient (Wildman–Crippen LogP) is 0.762. The van der Waals surface area contributed by atoms with Crippen molar-refractivity contribution in [3.8, 4) is 0 Å². The zero-order valence-electron chi connectivity index (χ0n) is 11.9. The summed E-state index contributed by atoms with van der Waals surface area (Å²) in [6, 6.07) is 0. The molecule has 8 heteroatoms. The molecule has 0 aliphatic carbocycles. The maximum Gasteiger partial charge on any atom is 0.226 e. The molecule has 21 heavy (non-hydrogen) atoms. The highest BCUT2D eigenvalue weighted by atomic mass is 79.9. The summed E-state index contributed by atoms with van der Waals surface area (Å²) in [5, 5.41) is 4.15. The number of ether oxygens (including phenoxy) is 1. The average molecular weight is 356 g/mol. The van der Waals surface area contributed by atoms with Gasteiger partial charge in [0.15, 0.2) is 0 Å². The van der Waals surface area contributed by atoms with Crippen LogP contribution in [0.3, 0.4) is 0 Å². The molecule has 2 aliphatic rings. The summed E-state index contributed by atoms with van der Waals surface area (Å²) in [5.41, 5.74) is 1.01. The minimum absolute atomic E-state index is 0.110. The fraction of sp³-hybridized carbons (Fsp3) is 0.615. The van der Waals surface area contributed by atoms with Crippen molar-refractivity contribution in [1.82, 2.24) is 14.9 Å². The van der Waals surface area contributed by atoms with Gasteiger partial charge in [-0.05, 0) is 23.0 Å². The van der Waals surface area contributed by atoms with Gasteiger partial charge in [0.05, 0.1) is 29.9 Å². The van der Waals surface area contributed by atoms with E-state index in [1.165, 1.54) is 0 Å². The third-order valence-electron chi connectivity index (χ3n) is 3.43. The molecule has 7 nitrogen and oxygen atoms in total. The second kappa shape index (κ2) is 6.67. The Morgan fingerprint density at radius 1 is 1.43 bits per heavy atom. The summed E-state index contributed by atoms with van der Waals surface area (Å²) in [6.07, 6.45) is 3.59. The van der Waals surface area contributed by atoms with Gasteiger partial charge in [-0.3, -0.25) is 0 Å². The van der Waals surface area contributed by atoms with Crippen LogP contribution in [0.15, 0.2) is 22.0 Å². The first kappa shape index (κ1) is 14.7. The number of halogens is 1. The molecule has 2 fully saturated rings. The van der Waals surface area contributed by atoms with Crippen molar-refractivity contribution in [3.05, 3.63) is 16.9 Å².